The molecule has 0 amide bonds. The quantitative estimate of drug-likeness (QED) is 0.614. The lowest BCUT2D eigenvalue weighted by atomic mass is 10.1. The minimum atomic E-state index is -4.75. The average molecular weight is 359 g/mol. The van der Waals surface area contributed by atoms with Gasteiger partial charge in [0, 0.05) is 5.56 Å². The highest BCUT2D eigenvalue weighted by Crippen LogP contribution is 2.30. The highest BCUT2D eigenvalue weighted by atomic mass is 32.2. The highest BCUT2D eigenvalue weighted by Gasteiger charge is 2.33. The van der Waals surface area contributed by atoms with Crippen molar-refractivity contribution in [2.24, 2.45) is 0 Å². The molecule has 1 unspecified atom stereocenters. The van der Waals surface area contributed by atoms with Crippen LogP contribution in [-0.4, -0.2) is 31.8 Å². The molecule has 10 heteroatoms. The smallest absolute Gasteiger partial charge is 0.433 e. The Kier molecular flexibility index (Phi) is 5.30. The Labute approximate surface area is 137 Å². The monoisotopic (exact) mass is 359 g/mol. The van der Waals surface area contributed by atoms with Crippen LogP contribution in [0.25, 0.3) is 11.3 Å². The number of carbonyl (C=O) groups excluding carboxylic acids is 1. The van der Waals surface area contributed by atoms with E-state index in [2.05, 4.69) is 14.7 Å². The van der Waals surface area contributed by atoms with E-state index in [1.165, 1.54) is 31.4 Å². The molecule has 0 saturated heterocycles. The Bertz CT molecular complexity index is 779. The fourth-order valence-corrected chi connectivity index (χ4v) is 2.20. The zero-order valence-electron chi connectivity index (χ0n) is 12.2. The molecule has 6 nitrogen and oxygen atoms in total. The molecule has 0 spiro atoms. The first-order valence-electron chi connectivity index (χ1n) is 6.40. The number of hydrogen-bond acceptors (Lipinski definition) is 6. The maximum atomic E-state index is 12.9. The number of esters is 1. The molecule has 2 aromatic rings. The van der Waals surface area contributed by atoms with Crippen molar-refractivity contribution in [3.8, 4) is 11.3 Å². The second kappa shape index (κ2) is 7.05. The minimum absolute atomic E-state index is 0.103. The van der Waals surface area contributed by atoms with Crippen LogP contribution in [-0.2, 0) is 27.7 Å². The maximum absolute atomic E-state index is 12.9. The van der Waals surface area contributed by atoms with Crippen molar-refractivity contribution in [3.05, 3.63) is 47.4 Å². The molecular formula is C14H10F3N2O4S-. The maximum Gasteiger partial charge on any atom is 0.433 e. The van der Waals surface area contributed by atoms with Gasteiger partial charge in [0.2, 0.25) is 0 Å². The number of ether oxygens (including phenoxy) is 1. The molecule has 0 N–H and O–H groups in total. The number of nitrogens with zero attached hydrogens (tertiary/aromatic N) is 2. The lowest BCUT2D eigenvalue weighted by Crippen LogP contribution is -2.12. The van der Waals surface area contributed by atoms with Gasteiger partial charge in [-0.2, -0.15) is 13.2 Å². The van der Waals surface area contributed by atoms with Crippen LogP contribution < -0.4 is 0 Å². The molecule has 0 aliphatic carbocycles. The first-order valence-corrected chi connectivity index (χ1v) is 7.65. The summed E-state index contributed by atoms with van der Waals surface area (Å²) in [4.78, 5) is 18.4. The highest BCUT2D eigenvalue weighted by molar-refractivity contribution is 7.78. The number of alkyl halides is 3. The normalized spacial score (nSPS) is 12.7. The molecule has 1 aromatic carbocycles. The van der Waals surface area contributed by atoms with E-state index in [1.807, 2.05) is 0 Å². The van der Waals surface area contributed by atoms with Gasteiger partial charge in [-0.25, -0.2) is 14.8 Å². The molecule has 0 radical (unpaired) electrons. The van der Waals surface area contributed by atoms with Crippen LogP contribution in [0.3, 0.4) is 0 Å². The number of hydrogen-bond donors (Lipinski definition) is 0. The van der Waals surface area contributed by atoms with E-state index in [0.29, 0.717) is 6.07 Å². The van der Waals surface area contributed by atoms with Crippen LogP contribution in [0.2, 0.25) is 0 Å². The molecule has 1 heterocycles. The van der Waals surface area contributed by atoms with Gasteiger partial charge < -0.3 is 9.29 Å². The average Bonchev–Trinajstić information content (AvgIpc) is 2.52. The fourth-order valence-electron chi connectivity index (χ4n) is 1.86. The molecule has 0 bridgehead atoms. The fraction of sp³-hybridized carbons (Fsp3) is 0.214. The number of rotatable bonds is 4. The van der Waals surface area contributed by atoms with Gasteiger partial charge in [-0.05, 0) is 29.3 Å². The molecule has 0 aliphatic heterocycles. The minimum Gasteiger partial charge on any atom is -0.772 e. The zero-order chi connectivity index (χ0) is 17.9. The van der Waals surface area contributed by atoms with Gasteiger partial charge in [-0.15, -0.1) is 0 Å². The predicted octanol–water partition coefficient (Wildman–Crippen LogP) is 2.33. The molecule has 0 saturated carbocycles. The van der Waals surface area contributed by atoms with Crippen molar-refractivity contribution >= 4 is 17.0 Å². The number of methoxy groups -OCH3 is 1. The Hall–Kier alpha value is -2.33. The second-order valence-corrected chi connectivity index (χ2v) is 5.47. The van der Waals surface area contributed by atoms with E-state index >= 15 is 0 Å². The lowest BCUT2D eigenvalue weighted by molar-refractivity contribution is -0.141. The van der Waals surface area contributed by atoms with E-state index in [9.17, 15) is 26.7 Å². The van der Waals surface area contributed by atoms with Crippen molar-refractivity contribution in [2.45, 2.75) is 11.9 Å². The first kappa shape index (κ1) is 18.0. The summed E-state index contributed by atoms with van der Waals surface area (Å²) in [6.45, 7) is 0. The Balaban J connectivity index is 2.48. The number of aromatic nitrogens is 2. The summed E-state index contributed by atoms with van der Waals surface area (Å²) < 4.78 is 64.7. The van der Waals surface area contributed by atoms with Gasteiger partial charge in [0.25, 0.3) is 0 Å². The standard InChI is InChI=1S/C14H11F3N2O4S/c1-23-13(20)9-4-2-8(3-5-9)10-6-11(14(15,16)17)19-12(18-10)7-24(21)22/h2-6H,7H2,1H3,(H,21,22)/p-1. The van der Waals surface area contributed by atoms with Crippen LogP contribution in [0.4, 0.5) is 13.2 Å². The number of halogens is 3. The van der Waals surface area contributed by atoms with E-state index in [0.717, 1.165) is 0 Å². The summed E-state index contributed by atoms with van der Waals surface area (Å²) in [5.41, 5.74) is -0.861. The largest absolute Gasteiger partial charge is 0.772 e. The van der Waals surface area contributed by atoms with Crippen LogP contribution in [0.1, 0.15) is 21.9 Å². The van der Waals surface area contributed by atoms with Gasteiger partial charge in [0.15, 0.2) is 0 Å². The van der Waals surface area contributed by atoms with Crippen LogP contribution in [0.15, 0.2) is 30.3 Å². The lowest BCUT2D eigenvalue weighted by Gasteiger charge is -2.12. The third-order valence-corrected chi connectivity index (χ3v) is 3.41. The second-order valence-electron chi connectivity index (χ2n) is 4.57. The van der Waals surface area contributed by atoms with Crippen LogP contribution in [0.5, 0.6) is 0 Å². The van der Waals surface area contributed by atoms with Crippen molar-refractivity contribution in [2.75, 3.05) is 7.11 Å². The van der Waals surface area contributed by atoms with E-state index in [4.69, 9.17) is 0 Å². The summed E-state index contributed by atoms with van der Waals surface area (Å²) in [7, 11) is 1.20. The summed E-state index contributed by atoms with van der Waals surface area (Å²) in [6, 6.07) is 6.20. The van der Waals surface area contributed by atoms with Crippen molar-refractivity contribution in [3.63, 3.8) is 0 Å². The topological polar surface area (TPSA) is 92.2 Å². The number of carbonyl (C=O) groups is 1. The van der Waals surface area contributed by atoms with Gasteiger partial charge in [0.1, 0.15) is 11.5 Å². The van der Waals surface area contributed by atoms with Crippen molar-refractivity contribution in [1.82, 2.24) is 9.97 Å². The van der Waals surface area contributed by atoms with Crippen LogP contribution in [0, 0.1) is 0 Å². The third kappa shape index (κ3) is 4.36. The summed E-state index contributed by atoms with van der Waals surface area (Å²) in [5.74, 6) is -1.80. The van der Waals surface area contributed by atoms with Gasteiger partial charge in [0.05, 0.1) is 24.1 Å². The molecule has 1 atom stereocenters. The Morgan fingerprint density at radius 3 is 2.38 bits per heavy atom. The van der Waals surface area contributed by atoms with Gasteiger partial charge in [-0.1, -0.05) is 12.1 Å². The molecule has 2 rings (SSSR count). The Morgan fingerprint density at radius 2 is 1.88 bits per heavy atom. The van der Waals surface area contributed by atoms with Gasteiger partial charge >= 0.3 is 12.1 Å². The predicted molar refractivity (Wildman–Crippen MR) is 76.4 cm³/mol. The summed E-state index contributed by atoms with van der Waals surface area (Å²) >= 11 is -2.63. The summed E-state index contributed by atoms with van der Waals surface area (Å²) in [5, 5.41) is 0. The SMILES string of the molecule is COC(=O)c1ccc(-c2cc(C(F)(F)F)nc(CS(=O)[O-])n2)cc1. The molecular weight excluding hydrogens is 349 g/mol. The molecule has 0 aliphatic rings. The number of benzene rings is 1. The van der Waals surface area contributed by atoms with Crippen molar-refractivity contribution in [1.29, 1.82) is 0 Å². The van der Waals surface area contributed by atoms with Gasteiger partial charge in [-0.3, -0.25) is 4.21 Å². The van der Waals surface area contributed by atoms with Crippen LogP contribution >= 0.6 is 0 Å². The zero-order valence-corrected chi connectivity index (χ0v) is 13.0. The molecule has 128 valence electrons. The van der Waals surface area contributed by atoms with E-state index in [1.54, 1.807) is 0 Å². The molecule has 1 aromatic heterocycles. The first-order chi connectivity index (χ1) is 11.2. The van der Waals surface area contributed by atoms with E-state index < -0.39 is 40.5 Å². The molecule has 0 fully saturated rings. The summed E-state index contributed by atoms with van der Waals surface area (Å²) in [6.07, 6.45) is -4.75. The molecule has 24 heavy (non-hydrogen) atoms. The Morgan fingerprint density at radius 1 is 1.25 bits per heavy atom. The third-order valence-electron chi connectivity index (χ3n) is 2.91. The van der Waals surface area contributed by atoms with E-state index in [-0.39, 0.29) is 16.8 Å². The van der Waals surface area contributed by atoms with Crippen molar-refractivity contribution < 1.29 is 31.5 Å².